The van der Waals surface area contributed by atoms with Gasteiger partial charge in [0.2, 0.25) is 0 Å². The molecule has 0 unspecified atom stereocenters. The predicted octanol–water partition coefficient (Wildman–Crippen LogP) is 3.67. The Morgan fingerprint density at radius 3 is 2.46 bits per heavy atom. The maximum Gasteiger partial charge on any atom is 0.253 e. The number of hydrogen-bond acceptors (Lipinski definition) is 3. The number of carbonyl (C=O) groups excluding carboxylic acids is 2. The molecule has 0 saturated heterocycles. The van der Waals surface area contributed by atoms with Gasteiger partial charge in [0.05, 0.1) is 16.8 Å². The Bertz CT molecular complexity index is 1050. The van der Waals surface area contributed by atoms with Crippen LogP contribution in [0.25, 0.3) is 10.9 Å². The van der Waals surface area contributed by atoms with Crippen LogP contribution in [0, 0.1) is 13.8 Å². The smallest absolute Gasteiger partial charge is 0.253 e. The average molecular weight is 373 g/mol. The Kier molecular flexibility index (Phi) is 4.82. The number of fused-ring (bicyclic) bond motifs is 1. The van der Waals surface area contributed by atoms with Crippen molar-refractivity contribution in [3.63, 3.8) is 0 Å². The quantitative estimate of drug-likeness (QED) is 0.717. The molecule has 4 rings (SSSR count). The fourth-order valence-corrected chi connectivity index (χ4v) is 3.17. The lowest BCUT2D eigenvalue weighted by Crippen LogP contribution is -2.25. The lowest BCUT2D eigenvalue weighted by atomic mass is 10.1. The van der Waals surface area contributed by atoms with Crippen LogP contribution >= 0.6 is 0 Å². The summed E-state index contributed by atoms with van der Waals surface area (Å²) in [6, 6.07) is 15.6. The molecular formula is C23H23N3O2. The molecule has 1 aliphatic rings. The molecule has 0 spiro atoms. The topological polar surface area (TPSA) is 71.1 Å². The summed E-state index contributed by atoms with van der Waals surface area (Å²) < 4.78 is 0. The third kappa shape index (κ3) is 4.03. The molecule has 142 valence electrons. The molecule has 3 aromatic rings. The highest BCUT2D eigenvalue weighted by atomic mass is 16.2. The fraction of sp³-hybridized carbons (Fsp3) is 0.261. The summed E-state index contributed by atoms with van der Waals surface area (Å²) in [4.78, 5) is 29.2. The molecule has 0 aliphatic heterocycles. The summed E-state index contributed by atoms with van der Waals surface area (Å²) in [5, 5.41) is 6.88. The number of nitrogens with zero attached hydrogens (tertiary/aromatic N) is 1. The van der Waals surface area contributed by atoms with Crippen molar-refractivity contribution in [2.75, 3.05) is 0 Å². The molecule has 1 fully saturated rings. The van der Waals surface area contributed by atoms with E-state index in [4.69, 9.17) is 0 Å². The number of pyridine rings is 1. The van der Waals surface area contributed by atoms with Crippen molar-refractivity contribution in [1.29, 1.82) is 0 Å². The fourth-order valence-electron chi connectivity index (χ4n) is 3.17. The molecule has 1 heterocycles. The molecule has 2 N–H and O–H groups in total. The zero-order valence-electron chi connectivity index (χ0n) is 16.1. The van der Waals surface area contributed by atoms with E-state index < -0.39 is 0 Å². The van der Waals surface area contributed by atoms with Gasteiger partial charge in [-0.25, -0.2) is 0 Å². The summed E-state index contributed by atoms with van der Waals surface area (Å²) in [5.41, 5.74) is 4.90. The second-order valence-electron chi connectivity index (χ2n) is 7.44. The first-order valence-corrected chi connectivity index (χ1v) is 9.55. The Morgan fingerprint density at radius 2 is 1.75 bits per heavy atom. The van der Waals surface area contributed by atoms with Gasteiger partial charge < -0.3 is 10.6 Å². The molecule has 28 heavy (non-hydrogen) atoms. The molecule has 0 bridgehead atoms. The van der Waals surface area contributed by atoms with E-state index in [1.807, 2.05) is 50.2 Å². The number of hydrogen-bond donors (Lipinski definition) is 2. The minimum absolute atomic E-state index is 0.0359. The van der Waals surface area contributed by atoms with Gasteiger partial charge in [-0.2, -0.15) is 0 Å². The Hall–Kier alpha value is -3.21. The Balaban J connectivity index is 1.43. The number of amides is 2. The van der Waals surface area contributed by atoms with E-state index in [1.54, 1.807) is 12.1 Å². The van der Waals surface area contributed by atoms with E-state index in [0.717, 1.165) is 34.9 Å². The largest absolute Gasteiger partial charge is 0.349 e. The van der Waals surface area contributed by atoms with Crippen LogP contribution in [-0.4, -0.2) is 22.8 Å². The van der Waals surface area contributed by atoms with Crippen molar-refractivity contribution in [2.24, 2.45) is 0 Å². The Labute approximate surface area is 164 Å². The first kappa shape index (κ1) is 18.2. The van der Waals surface area contributed by atoms with Crippen LogP contribution in [0.15, 0.2) is 48.5 Å². The van der Waals surface area contributed by atoms with Gasteiger partial charge in [0.1, 0.15) is 0 Å². The lowest BCUT2D eigenvalue weighted by molar-refractivity contribution is 0.0941. The van der Waals surface area contributed by atoms with Crippen LogP contribution in [-0.2, 0) is 6.54 Å². The third-order valence-electron chi connectivity index (χ3n) is 4.99. The second-order valence-corrected chi connectivity index (χ2v) is 7.44. The van der Waals surface area contributed by atoms with Crippen LogP contribution in [0.4, 0.5) is 0 Å². The van der Waals surface area contributed by atoms with Gasteiger partial charge in [-0.3, -0.25) is 14.6 Å². The van der Waals surface area contributed by atoms with Crippen LogP contribution in [0.3, 0.4) is 0 Å². The molecule has 0 radical (unpaired) electrons. The van der Waals surface area contributed by atoms with Gasteiger partial charge >= 0.3 is 0 Å². The van der Waals surface area contributed by atoms with Crippen LogP contribution < -0.4 is 10.6 Å². The molecular weight excluding hydrogens is 350 g/mol. The monoisotopic (exact) mass is 373 g/mol. The molecule has 1 saturated carbocycles. The first-order valence-electron chi connectivity index (χ1n) is 9.55. The van der Waals surface area contributed by atoms with Crippen molar-refractivity contribution in [3.8, 4) is 0 Å². The average Bonchev–Trinajstić information content (AvgIpc) is 3.50. The zero-order valence-corrected chi connectivity index (χ0v) is 16.1. The first-order chi connectivity index (χ1) is 13.5. The number of aromatic nitrogens is 1. The SMILES string of the molecule is Cc1ccc2nc(C)c(C(=O)NCc3ccc(C(=O)NC4CC4)cc3)cc2c1. The number of carbonyl (C=O) groups is 2. The number of aryl methyl sites for hydroxylation is 2. The van der Waals surface area contributed by atoms with E-state index in [-0.39, 0.29) is 11.8 Å². The van der Waals surface area contributed by atoms with Crippen LogP contribution in [0.1, 0.15) is 50.4 Å². The van der Waals surface area contributed by atoms with Gasteiger partial charge in [-0.1, -0.05) is 23.8 Å². The molecule has 5 heteroatoms. The van der Waals surface area contributed by atoms with Gasteiger partial charge in [0.15, 0.2) is 0 Å². The second kappa shape index (κ2) is 7.43. The van der Waals surface area contributed by atoms with Crippen molar-refractivity contribution in [3.05, 3.63) is 76.5 Å². The lowest BCUT2D eigenvalue weighted by Gasteiger charge is -2.10. The maximum absolute atomic E-state index is 12.7. The van der Waals surface area contributed by atoms with E-state index in [2.05, 4.69) is 15.6 Å². The summed E-state index contributed by atoms with van der Waals surface area (Å²) in [5.74, 6) is -0.185. The minimum atomic E-state index is -0.149. The molecule has 0 atom stereocenters. The summed E-state index contributed by atoms with van der Waals surface area (Å²) in [7, 11) is 0. The standard InChI is InChI=1S/C23H23N3O2/c1-14-3-10-21-18(11-14)12-20(15(2)25-21)23(28)24-13-16-4-6-17(7-5-16)22(27)26-19-8-9-19/h3-7,10-12,19H,8-9,13H2,1-2H3,(H,24,28)(H,26,27). The molecule has 2 amide bonds. The number of rotatable bonds is 5. The molecule has 5 nitrogen and oxygen atoms in total. The van der Waals surface area contributed by atoms with E-state index in [1.165, 1.54) is 0 Å². The van der Waals surface area contributed by atoms with Gasteiger partial charge in [0.25, 0.3) is 11.8 Å². The van der Waals surface area contributed by atoms with Crippen molar-refractivity contribution < 1.29 is 9.59 Å². The van der Waals surface area contributed by atoms with E-state index in [0.29, 0.717) is 29.4 Å². The van der Waals surface area contributed by atoms with Crippen molar-refractivity contribution in [2.45, 2.75) is 39.3 Å². The summed E-state index contributed by atoms with van der Waals surface area (Å²) in [6.45, 7) is 4.27. The molecule has 1 aromatic heterocycles. The van der Waals surface area contributed by atoms with Crippen molar-refractivity contribution in [1.82, 2.24) is 15.6 Å². The molecule has 1 aliphatic carbocycles. The van der Waals surface area contributed by atoms with Gasteiger partial charge in [-0.05, 0) is 62.6 Å². The number of nitrogens with one attached hydrogen (secondary N) is 2. The highest BCUT2D eigenvalue weighted by Crippen LogP contribution is 2.20. The number of benzene rings is 2. The normalized spacial score (nSPS) is 13.4. The minimum Gasteiger partial charge on any atom is -0.349 e. The van der Waals surface area contributed by atoms with Crippen molar-refractivity contribution >= 4 is 22.7 Å². The van der Waals surface area contributed by atoms with Crippen LogP contribution in [0.5, 0.6) is 0 Å². The summed E-state index contributed by atoms with van der Waals surface area (Å²) in [6.07, 6.45) is 2.14. The van der Waals surface area contributed by atoms with Crippen LogP contribution in [0.2, 0.25) is 0 Å². The predicted molar refractivity (Wildman–Crippen MR) is 109 cm³/mol. The zero-order chi connectivity index (χ0) is 19.7. The highest BCUT2D eigenvalue weighted by molar-refractivity contribution is 5.98. The van der Waals surface area contributed by atoms with Gasteiger partial charge in [0, 0.05) is 23.5 Å². The van der Waals surface area contributed by atoms with E-state index in [9.17, 15) is 9.59 Å². The summed E-state index contributed by atoms with van der Waals surface area (Å²) >= 11 is 0. The Morgan fingerprint density at radius 1 is 1.00 bits per heavy atom. The maximum atomic E-state index is 12.7. The third-order valence-corrected chi connectivity index (χ3v) is 4.99. The van der Waals surface area contributed by atoms with E-state index >= 15 is 0 Å². The van der Waals surface area contributed by atoms with Gasteiger partial charge in [-0.15, -0.1) is 0 Å². The molecule has 2 aromatic carbocycles. The highest BCUT2D eigenvalue weighted by Gasteiger charge is 2.23.